The molecule has 5 heteroatoms. The molecule has 5 nitrogen and oxygen atoms in total. The van der Waals surface area contributed by atoms with Crippen molar-refractivity contribution in [2.45, 2.75) is 24.7 Å². The summed E-state index contributed by atoms with van der Waals surface area (Å²) < 4.78 is 0. The van der Waals surface area contributed by atoms with Crippen LogP contribution in [0.1, 0.15) is 6.92 Å². The summed E-state index contributed by atoms with van der Waals surface area (Å²) in [7, 11) is 0. The molecule has 4 N–H and O–H groups in total. The third kappa shape index (κ3) is 2.55. The second kappa shape index (κ2) is 3.77. The Morgan fingerprint density at radius 1 is 1.55 bits per heavy atom. The highest BCUT2D eigenvalue weighted by Gasteiger charge is 2.34. The summed E-state index contributed by atoms with van der Waals surface area (Å²) in [4.78, 5) is 10.1. The van der Waals surface area contributed by atoms with E-state index in [1.807, 2.05) is 0 Å². The van der Waals surface area contributed by atoms with Gasteiger partial charge in [0.1, 0.15) is 17.8 Å². The standard InChI is InChI=1S/C6H12O5/c1-6(11,3-8)5(10)4(9)2-7/h3-5,7,9-11H,2H2,1H3/t4-,5-,6-/m0/s1. The van der Waals surface area contributed by atoms with Crippen LogP contribution in [0.25, 0.3) is 0 Å². The van der Waals surface area contributed by atoms with Gasteiger partial charge in [-0.05, 0) is 6.92 Å². The number of carbonyl (C=O) groups excluding carboxylic acids is 1. The van der Waals surface area contributed by atoms with Gasteiger partial charge in [-0.1, -0.05) is 0 Å². The van der Waals surface area contributed by atoms with E-state index in [1.165, 1.54) is 0 Å². The predicted molar refractivity (Wildman–Crippen MR) is 35.8 cm³/mol. The van der Waals surface area contributed by atoms with Crippen molar-refractivity contribution in [3.8, 4) is 0 Å². The third-order valence-corrected chi connectivity index (χ3v) is 1.39. The monoisotopic (exact) mass is 164 g/mol. The van der Waals surface area contributed by atoms with Crippen LogP contribution in [-0.2, 0) is 4.79 Å². The van der Waals surface area contributed by atoms with Crippen LogP contribution in [-0.4, -0.2) is 51.1 Å². The first-order valence-corrected chi connectivity index (χ1v) is 3.11. The highest BCUT2D eigenvalue weighted by molar-refractivity contribution is 5.62. The van der Waals surface area contributed by atoms with Gasteiger partial charge in [-0.2, -0.15) is 0 Å². The topological polar surface area (TPSA) is 98.0 Å². The molecule has 11 heavy (non-hydrogen) atoms. The van der Waals surface area contributed by atoms with Gasteiger partial charge in [-0.3, -0.25) is 0 Å². The Morgan fingerprint density at radius 3 is 2.27 bits per heavy atom. The van der Waals surface area contributed by atoms with Crippen LogP contribution >= 0.6 is 0 Å². The molecule has 0 aromatic carbocycles. The molecule has 0 fully saturated rings. The summed E-state index contributed by atoms with van der Waals surface area (Å²) >= 11 is 0. The molecule has 66 valence electrons. The Morgan fingerprint density at radius 2 is 2.00 bits per heavy atom. The molecule has 0 saturated carbocycles. The summed E-state index contributed by atoms with van der Waals surface area (Å²) in [6, 6.07) is 0. The molecule has 0 heterocycles. The number of rotatable bonds is 4. The molecule has 0 amide bonds. The number of hydrogen-bond donors (Lipinski definition) is 4. The smallest absolute Gasteiger partial charge is 0.154 e. The minimum atomic E-state index is -2.01. The highest BCUT2D eigenvalue weighted by Crippen LogP contribution is 2.09. The molecule has 0 aromatic rings. The maximum Gasteiger partial charge on any atom is 0.154 e. The number of hydrogen-bond acceptors (Lipinski definition) is 5. The van der Waals surface area contributed by atoms with E-state index in [-0.39, 0.29) is 6.29 Å². The Hall–Kier alpha value is -0.490. The summed E-state index contributed by atoms with van der Waals surface area (Å²) in [5, 5.41) is 35.1. The summed E-state index contributed by atoms with van der Waals surface area (Å²) in [5.74, 6) is 0. The van der Waals surface area contributed by atoms with Gasteiger partial charge in [0.05, 0.1) is 6.61 Å². The first kappa shape index (κ1) is 10.5. The van der Waals surface area contributed by atoms with Crippen molar-refractivity contribution in [3.63, 3.8) is 0 Å². The predicted octanol–water partition coefficient (Wildman–Crippen LogP) is -2.35. The average Bonchev–Trinajstić information content (AvgIpc) is 2.01. The van der Waals surface area contributed by atoms with Crippen molar-refractivity contribution >= 4 is 6.29 Å². The highest BCUT2D eigenvalue weighted by atomic mass is 16.4. The molecule has 0 spiro atoms. The zero-order valence-electron chi connectivity index (χ0n) is 6.14. The first-order valence-electron chi connectivity index (χ1n) is 3.11. The van der Waals surface area contributed by atoms with Crippen molar-refractivity contribution in [1.82, 2.24) is 0 Å². The molecular weight excluding hydrogens is 152 g/mol. The van der Waals surface area contributed by atoms with Gasteiger partial charge in [0.15, 0.2) is 6.29 Å². The van der Waals surface area contributed by atoms with Gasteiger partial charge in [0, 0.05) is 0 Å². The van der Waals surface area contributed by atoms with E-state index in [1.54, 1.807) is 0 Å². The molecule has 0 radical (unpaired) electrons. The van der Waals surface area contributed by atoms with Crippen LogP contribution in [0, 0.1) is 0 Å². The lowest BCUT2D eigenvalue weighted by Crippen LogP contribution is -2.49. The Labute approximate surface area is 63.9 Å². The van der Waals surface area contributed by atoms with Crippen LogP contribution in [0.4, 0.5) is 0 Å². The van der Waals surface area contributed by atoms with E-state index in [0.29, 0.717) is 0 Å². The molecule has 0 aliphatic heterocycles. The van der Waals surface area contributed by atoms with Crippen LogP contribution in [0.5, 0.6) is 0 Å². The second-order valence-electron chi connectivity index (χ2n) is 2.54. The van der Waals surface area contributed by atoms with Crippen LogP contribution in [0.3, 0.4) is 0 Å². The molecule has 0 aliphatic rings. The molecule has 0 saturated heterocycles. The van der Waals surface area contributed by atoms with Crippen LogP contribution in [0.2, 0.25) is 0 Å². The minimum absolute atomic E-state index is 0.108. The van der Waals surface area contributed by atoms with Crippen molar-refractivity contribution in [3.05, 3.63) is 0 Å². The van der Waals surface area contributed by atoms with Gasteiger partial charge in [0.2, 0.25) is 0 Å². The van der Waals surface area contributed by atoms with Crippen molar-refractivity contribution < 1.29 is 25.2 Å². The van der Waals surface area contributed by atoms with E-state index in [0.717, 1.165) is 6.92 Å². The van der Waals surface area contributed by atoms with E-state index in [4.69, 9.17) is 20.4 Å². The van der Waals surface area contributed by atoms with E-state index in [9.17, 15) is 4.79 Å². The zero-order valence-corrected chi connectivity index (χ0v) is 6.14. The van der Waals surface area contributed by atoms with Gasteiger partial charge in [-0.15, -0.1) is 0 Å². The van der Waals surface area contributed by atoms with Gasteiger partial charge < -0.3 is 25.2 Å². The largest absolute Gasteiger partial charge is 0.394 e. The SMILES string of the molecule is C[C@](O)(C=O)[C@@H](O)[C@@H](O)CO. The lowest BCUT2D eigenvalue weighted by molar-refractivity contribution is -0.148. The Kier molecular flexibility index (Phi) is 3.61. The molecule has 3 atom stereocenters. The van der Waals surface area contributed by atoms with Gasteiger partial charge in [-0.25, -0.2) is 0 Å². The fourth-order valence-electron chi connectivity index (χ4n) is 0.559. The van der Waals surface area contributed by atoms with E-state index in [2.05, 4.69) is 0 Å². The quantitative estimate of drug-likeness (QED) is 0.349. The summed E-state index contributed by atoms with van der Waals surface area (Å²) in [6.07, 6.45) is -3.06. The van der Waals surface area contributed by atoms with E-state index >= 15 is 0 Å². The second-order valence-corrected chi connectivity index (χ2v) is 2.54. The maximum atomic E-state index is 10.1. The van der Waals surface area contributed by atoms with Crippen LogP contribution in [0.15, 0.2) is 0 Å². The Bertz CT molecular complexity index is 133. The fraction of sp³-hybridized carbons (Fsp3) is 0.833. The fourth-order valence-corrected chi connectivity index (χ4v) is 0.559. The number of aliphatic hydroxyl groups is 4. The minimum Gasteiger partial charge on any atom is -0.394 e. The summed E-state index contributed by atoms with van der Waals surface area (Å²) in [6.45, 7) is 0.342. The molecule has 0 bridgehead atoms. The molecule has 0 rings (SSSR count). The lowest BCUT2D eigenvalue weighted by atomic mass is 9.97. The molecular formula is C6H12O5. The van der Waals surface area contributed by atoms with E-state index < -0.39 is 24.4 Å². The number of aliphatic hydroxyl groups excluding tert-OH is 3. The molecule has 0 aliphatic carbocycles. The zero-order chi connectivity index (χ0) is 9.07. The Balaban J connectivity index is 4.21. The lowest BCUT2D eigenvalue weighted by Gasteiger charge is -2.25. The average molecular weight is 164 g/mol. The number of aldehydes is 1. The third-order valence-electron chi connectivity index (χ3n) is 1.39. The van der Waals surface area contributed by atoms with Crippen LogP contribution < -0.4 is 0 Å². The first-order chi connectivity index (χ1) is 4.95. The van der Waals surface area contributed by atoms with Gasteiger partial charge in [0.25, 0.3) is 0 Å². The van der Waals surface area contributed by atoms with Gasteiger partial charge >= 0.3 is 0 Å². The van der Waals surface area contributed by atoms with Crippen molar-refractivity contribution in [1.29, 1.82) is 0 Å². The molecule has 0 aromatic heterocycles. The van der Waals surface area contributed by atoms with Crippen molar-refractivity contribution in [2.75, 3.05) is 6.61 Å². The van der Waals surface area contributed by atoms with Crippen molar-refractivity contribution in [2.24, 2.45) is 0 Å². The summed E-state index contributed by atoms with van der Waals surface area (Å²) in [5.41, 5.74) is -2.01. The normalized spacial score (nSPS) is 21.9. The molecule has 0 unspecified atom stereocenters. The number of carbonyl (C=O) groups is 1. The maximum absolute atomic E-state index is 10.1.